The highest BCUT2D eigenvalue weighted by molar-refractivity contribution is 7.16. The van der Waals surface area contributed by atoms with E-state index < -0.39 is 0 Å². The van der Waals surface area contributed by atoms with Gasteiger partial charge in [0, 0.05) is 16.8 Å². The lowest BCUT2D eigenvalue weighted by molar-refractivity contribution is 0.347. The minimum Gasteiger partial charge on any atom is -0.309 e. The summed E-state index contributed by atoms with van der Waals surface area (Å²) in [6.07, 6.45) is 1.17. The molecule has 0 radical (unpaired) electrons. The van der Waals surface area contributed by atoms with E-state index in [4.69, 9.17) is 11.6 Å². The molecule has 0 spiro atoms. The Hall–Kier alpha value is -0.830. The molecular formula is C18H24ClNS. The highest BCUT2D eigenvalue weighted by Crippen LogP contribution is 2.41. The summed E-state index contributed by atoms with van der Waals surface area (Å²) in [5.74, 6) is 1.07. The molecular weight excluding hydrogens is 298 g/mol. The minimum absolute atomic E-state index is 0.324. The van der Waals surface area contributed by atoms with Gasteiger partial charge in [0.1, 0.15) is 0 Å². The molecule has 1 aromatic heterocycles. The SMILES string of the molecule is CCNC(c1ccc(Cl)s1)C(c1ccccc1)C(C)CC. The predicted molar refractivity (Wildman–Crippen MR) is 94.4 cm³/mol. The number of nitrogens with one attached hydrogen (secondary N) is 1. The lowest BCUT2D eigenvalue weighted by Crippen LogP contribution is -2.29. The van der Waals surface area contributed by atoms with Gasteiger partial charge in [-0.2, -0.15) is 0 Å². The molecule has 1 heterocycles. The maximum absolute atomic E-state index is 6.16. The second-order valence-electron chi connectivity index (χ2n) is 5.50. The molecule has 0 aliphatic carbocycles. The monoisotopic (exact) mass is 321 g/mol. The molecule has 3 atom stereocenters. The number of thiophene rings is 1. The van der Waals surface area contributed by atoms with Crippen molar-refractivity contribution in [3.05, 3.63) is 57.2 Å². The summed E-state index contributed by atoms with van der Waals surface area (Å²) in [6, 6.07) is 15.3. The van der Waals surface area contributed by atoms with E-state index in [0.29, 0.717) is 17.9 Å². The first-order valence-electron chi connectivity index (χ1n) is 7.70. The third-order valence-corrected chi connectivity index (χ3v) is 5.44. The Morgan fingerprint density at radius 2 is 1.81 bits per heavy atom. The van der Waals surface area contributed by atoms with Crippen molar-refractivity contribution < 1.29 is 0 Å². The summed E-state index contributed by atoms with van der Waals surface area (Å²) in [4.78, 5) is 1.33. The van der Waals surface area contributed by atoms with Crippen LogP contribution in [0.25, 0.3) is 0 Å². The number of hydrogen-bond acceptors (Lipinski definition) is 2. The summed E-state index contributed by atoms with van der Waals surface area (Å²) in [6.45, 7) is 7.74. The second-order valence-corrected chi connectivity index (χ2v) is 7.25. The molecule has 3 unspecified atom stereocenters. The molecule has 1 aromatic carbocycles. The van der Waals surface area contributed by atoms with Gasteiger partial charge in [0.2, 0.25) is 0 Å². The van der Waals surface area contributed by atoms with Gasteiger partial charge in [-0.05, 0) is 30.2 Å². The van der Waals surface area contributed by atoms with Gasteiger partial charge in [0.15, 0.2) is 0 Å². The fourth-order valence-electron chi connectivity index (χ4n) is 2.90. The van der Waals surface area contributed by atoms with Crippen LogP contribution >= 0.6 is 22.9 Å². The van der Waals surface area contributed by atoms with Crippen LogP contribution in [-0.4, -0.2) is 6.54 Å². The molecule has 1 N–H and O–H groups in total. The summed E-state index contributed by atoms with van der Waals surface area (Å²) in [5, 5.41) is 3.68. The van der Waals surface area contributed by atoms with E-state index in [-0.39, 0.29) is 0 Å². The van der Waals surface area contributed by atoms with Gasteiger partial charge < -0.3 is 5.32 Å². The fourth-order valence-corrected chi connectivity index (χ4v) is 4.08. The van der Waals surface area contributed by atoms with E-state index in [1.54, 1.807) is 11.3 Å². The van der Waals surface area contributed by atoms with Crippen molar-refractivity contribution in [1.29, 1.82) is 0 Å². The summed E-state index contributed by atoms with van der Waals surface area (Å²) in [5.41, 5.74) is 1.40. The molecule has 114 valence electrons. The van der Waals surface area contributed by atoms with Crippen LogP contribution in [-0.2, 0) is 0 Å². The molecule has 0 aliphatic rings. The first-order chi connectivity index (χ1) is 10.2. The lowest BCUT2D eigenvalue weighted by Gasteiger charge is -2.32. The van der Waals surface area contributed by atoms with Crippen LogP contribution in [0.15, 0.2) is 42.5 Å². The normalized spacial score (nSPS) is 15.6. The van der Waals surface area contributed by atoms with Crippen molar-refractivity contribution in [1.82, 2.24) is 5.32 Å². The lowest BCUT2D eigenvalue weighted by atomic mass is 9.79. The van der Waals surface area contributed by atoms with E-state index in [1.165, 1.54) is 16.9 Å². The maximum Gasteiger partial charge on any atom is 0.0931 e. The van der Waals surface area contributed by atoms with Crippen LogP contribution in [0.2, 0.25) is 4.34 Å². The average molecular weight is 322 g/mol. The second kappa shape index (κ2) is 7.98. The van der Waals surface area contributed by atoms with Crippen LogP contribution in [0.4, 0.5) is 0 Å². The van der Waals surface area contributed by atoms with E-state index in [9.17, 15) is 0 Å². The van der Waals surface area contributed by atoms with E-state index in [1.807, 2.05) is 6.07 Å². The third kappa shape index (κ3) is 4.09. The summed E-state index contributed by atoms with van der Waals surface area (Å²) < 4.78 is 0.865. The molecule has 2 aromatic rings. The number of benzene rings is 1. The van der Waals surface area contributed by atoms with Crippen molar-refractivity contribution in [2.45, 2.75) is 39.2 Å². The number of hydrogen-bond donors (Lipinski definition) is 1. The van der Waals surface area contributed by atoms with Crippen LogP contribution in [0, 0.1) is 5.92 Å². The Labute approximate surface area is 137 Å². The average Bonchev–Trinajstić information content (AvgIpc) is 2.94. The van der Waals surface area contributed by atoms with Crippen molar-refractivity contribution >= 4 is 22.9 Å². The molecule has 0 amide bonds. The molecule has 1 nitrogen and oxygen atoms in total. The van der Waals surface area contributed by atoms with Gasteiger partial charge in [-0.1, -0.05) is 69.1 Å². The van der Waals surface area contributed by atoms with Crippen LogP contribution in [0.3, 0.4) is 0 Å². The van der Waals surface area contributed by atoms with Gasteiger partial charge in [-0.15, -0.1) is 11.3 Å². The third-order valence-electron chi connectivity index (χ3n) is 4.13. The van der Waals surface area contributed by atoms with E-state index in [2.05, 4.69) is 62.5 Å². The molecule has 21 heavy (non-hydrogen) atoms. The smallest absolute Gasteiger partial charge is 0.0931 e. The van der Waals surface area contributed by atoms with Crippen LogP contribution < -0.4 is 5.32 Å². The Morgan fingerprint density at radius 3 is 2.33 bits per heavy atom. The zero-order chi connectivity index (χ0) is 15.2. The number of rotatable bonds is 7. The first-order valence-corrected chi connectivity index (χ1v) is 8.90. The molecule has 0 aliphatic heterocycles. The van der Waals surface area contributed by atoms with Crippen LogP contribution in [0.5, 0.6) is 0 Å². The molecule has 2 rings (SSSR count). The van der Waals surface area contributed by atoms with Gasteiger partial charge in [-0.3, -0.25) is 0 Å². The standard InChI is InChI=1S/C18H24ClNS/c1-4-13(3)17(14-9-7-6-8-10-14)18(20-5-2)15-11-12-16(19)21-15/h6-13,17-18,20H,4-5H2,1-3H3. The maximum atomic E-state index is 6.16. The van der Waals surface area contributed by atoms with Crippen molar-refractivity contribution in [2.24, 2.45) is 5.92 Å². The topological polar surface area (TPSA) is 12.0 Å². The highest BCUT2D eigenvalue weighted by atomic mass is 35.5. The Balaban J connectivity index is 2.40. The van der Waals surface area contributed by atoms with Gasteiger partial charge in [-0.25, -0.2) is 0 Å². The van der Waals surface area contributed by atoms with E-state index >= 15 is 0 Å². The highest BCUT2D eigenvalue weighted by Gasteiger charge is 2.29. The fraction of sp³-hybridized carbons (Fsp3) is 0.444. The molecule has 0 fully saturated rings. The minimum atomic E-state index is 0.324. The van der Waals surface area contributed by atoms with Gasteiger partial charge in [0.25, 0.3) is 0 Å². The summed E-state index contributed by atoms with van der Waals surface area (Å²) in [7, 11) is 0. The molecule has 3 heteroatoms. The Kier molecular flexibility index (Phi) is 6.28. The van der Waals surface area contributed by atoms with Gasteiger partial charge in [0.05, 0.1) is 4.34 Å². The summed E-state index contributed by atoms with van der Waals surface area (Å²) >= 11 is 7.85. The van der Waals surface area contributed by atoms with E-state index in [0.717, 1.165) is 10.9 Å². The Morgan fingerprint density at radius 1 is 1.10 bits per heavy atom. The number of likely N-dealkylation sites (N-methyl/N-ethyl adjacent to an activating group) is 1. The quantitative estimate of drug-likeness (QED) is 0.671. The van der Waals surface area contributed by atoms with Crippen molar-refractivity contribution in [3.8, 4) is 0 Å². The van der Waals surface area contributed by atoms with Crippen molar-refractivity contribution in [2.75, 3.05) is 6.54 Å². The molecule has 0 bridgehead atoms. The zero-order valence-corrected chi connectivity index (χ0v) is 14.5. The largest absolute Gasteiger partial charge is 0.309 e. The Bertz CT molecular complexity index is 537. The zero-order valence-electron chi connectivity index (χ0n) is 13.0. The van der Waals surface area contributed by atoms with Crippen molar-refractivity contribution in [3.63, 3.8) is 0 Å². The number of halogens is 1. The molecule has 0 saturated carbocycles. The molecule has 0 saturated heterocycles. The van der Waals surface area contributed by atoms with Crippen LogP contribution in [0.1, 0.15) is 49.6 Å². The van der Waals surface area contributed by atoms with Gasteiger partial charge >= 0.3 is 0 Å². The first kappa shape index (κ1) is 16.5. The predicted octanol–water partition coefficient (Wildman–Crippen LogP) is 5.88.